The van der Waals surface area contributed by atoms with Crippen molar-refractivity contribution in [2.45, 2.75) is 33.4 Å². The fourth-order valence-electron chi connectivity index (χ4n) is 5.49. The molecule has 1 atom stereocenters. The number of benzene rings is 4. The van der Waals surface area contributed by atoms with E-state index in [2.05, 4.69) is 5.32 Å². The van der Waals surface area contributed by atoms with E-state index in [0.717, 1.165) is 33.6 Å². The third-order valence-corrected chi connectivity index (χ3v) is 8.84. The van der Waals surface area contributed by atoms with Gasteiger partial charge in [-0.15, -0.1) is 0 Å². The first-order valence-electron chi connectivity index (χ1n) is 14.6. The summed E-state index contributed by atoms with van der Waals surface area (Å²) in [5, 5.41) is 3.05. The van der Waals surface area contributed by atoms with Crippen LogP contribution in [0.15, 0.2) is 118 Å². The Kier molecular flexibility index (Phi) is 8.49. The number of rotatable bonds is 8. The van der Waals surface area contributed by atoms with Gasteiger partial charge in [-0.2, -0.15) is 0 Å². The van der Waals surface area contributed by atoms with Gasteiger partial charge in [0.05, 0.1) is 29.0 Å². The smallest absolute Gasteiger partial charge is 0.271 e. The maximum atomic E-state index is 14.1. The summed E-state index contributed by atoms with van der Waals surface area (Å²) in [7, 11) is 1.63. The molecule has 6 rings (SSSR count). The zero-order valence-electron chi connectivity index (χ0n) is 25.5. The fraction of sp³-hybridized carbons (Fsp3) is 0.162. The van der Waals surface area contributed by atoms with E-state index in [1.54, 1.807) is 11.7 Å². The number of hydrogen-bond acceptors (Lipinski definition) is 6. The van der Waals surface area contributed by atoms with Crippen molar-refractivity contribution in [2.24, 2.45) is 4.99 Å². The van der Waals surface area contributed by atoms with Crippen molar-refractivity contribution in [3.63, 3.8) is 0 Å². The molecule has 2 heterocycles. The number of hydrogen-bond donors (Lipinski definition) is 1. The van der Waals surface area contributed by atoms with Gasteiger partial charge < -0.3 is 14.8 Å². The number of aryl methyl sites for hydroxylation is 2. The lowest BCUT2D eigenvalue weighted by molar-refractivity contribution is -0.113. The summed E-state index contributed by atoms with van der Waals surface area (Å²) in [6, 6.07) is 30.2. The molecule has 226 valence electrons. The molecule has 0 spiro atoms. The molecular weight excluding hydrogens is 582 g/mol. The number of anilines is 1. The van der Waals surface area contributed by atoms with Gasteiger partial charge in [-0.1, -0.05) is 84.1 Å². The first kappa shape index (κ1) is 29.8. The van der Waals surface area contributed by atoms with Crippen LogP contribution in [0.25, 0.3) is 6.08 Å². The summed E-state index contributed by atoms with van der Waals surface area (Å²) in [5.74, 6) is 1.21. The Balaban J connectivity index is 1.40. The predicted octanol–water partition coefficient (Wildman–Crippen LogP) is 6.08. The Morgan fingerprint density at radius 2 is 1.62 bits per heavy atom. The van der Waals surface area contributed by atoms with Crippen molar-refractivity contribution in [1.82, 2.24) is 4.57 Å². The van der Waals surface area contributed by atoms with E-state index in [-0.39, 0.29) is 11.5 Å². The molecule has 0 bridgehead atoms. The maximum absolute atomic E-state index is 14.1. The van der Waals surface area contributed by atoms with Crippen LogP contribution in [0.1, 0.15) is 40.8 Å². The normalized spacial score (nSPS) is 14.5. The highest BCUT2D eigenvalue weighted by atomic mass is 32.1. The van der Waals surface area contributed by atoms with Gasteiger partial charge in [-0.05, 0) is 73.4 Å². The zero-order chi connectivity index (χ0) is 31.5. The van der Waals surface area contributed by atoms with Crippen LogP contribution in [0.3, 0.4) is 0 Å². The van der Waals surface area contributed by atoms with E-state index in [0.29, 0.717) is 38.6 Å². The molecule has 7 nitrogen and oxygen atoms in total. The van der Waals surface area contributed by atoms with Crippen molar-refractivity contribution in [1.29, 1.82) is 0 Å². The summed E-state index contributed by atoms with van der Waals surface area (Å²) >= 11 is 1.31. The van der Waals surface area contributed by atoms with Gasteiger partial charge in [0.25, 0.3) is 11.5 Å². The number of carbonyl (C=O) groups is 1. The number of para-hydroxylation sites is 2. The average Bonchev–Trinajstić information content (AvgIpc) is 3.35. The molecule has 0 fully saturated rings. The third kappa shape index (κ3) is 6.10. The number of carbonyl (C=O) groups excluding carboxylic acids is 1. The summed E-state index contributed by atoms with van der Waals surface area (Å²) in [6.07, 6.45) is 1.86. The molecule has 1 aliphatic heterocycles. The molecule has 0 aliphatic carbocycles. The topological polar surface area (TPSA) is 81.9 Å². The lowest BCUT2D eigenvalue weighted by Crippen LogP contribution is -2.40. The standard InChI is InChI=1S/C37H33N3O4S/c1-23-12-8-10-16-29(23)39-35(41)33-25(3)38-37-40(34(33)27-14-6-5-7-15-27)36(42)32(45-37)21-26-18-19-31(43-4)28(20-26)22-44-30-17-11-9-13-24(30)2/h5-21,34H,22H2,1-4H3,(H,39,41)/b32-21+/t34-/m1/s1. The van der Waals surface area contributed by atoms with Gasteiger partial charge in [0, 0.05) is 11.3 Å². The van der Waals surface area contributed by atoms with Crippen LogP contribution >= 0.6 is 11.3 Å². The highest BCUT2D eigenvalue weighted by molar-refractivity contribution is 7.07. The van der Waals surface area contributed by atoms with Crippen LogP contribution in [0.2, 0.25) is 0 Å². The summed E-state index contributed by atoms with van der Waals surface area (Å²) in [4.78, 5) is 33.3. The molecule has 0 saturated carbocycles. The quantitative estimate of drug-likeness (QED) is 0.230. The number of nitrogens with one attached hydrogen (secondary N) is 1. The lowest BCUT2D eigenvalue weighted by atomic mass is 9.95. The van der Waals surface area contributed by atoms with E-state index < -0.39 is 6.04 Å². The maximum Gasteiger partial charge on any atom is 0.271 e. The Bertz CT molecular complexity index is 2110. The Morgan fingerprint density at radius 3 is 2.36 bits per heavy atom. The van der Waals surface area contributed by atoms with Crippen LogP contribution in [0.4, 0.5) is 5.69 Å². The van der Waals surface area contributed by atoms with Crippen LogP contribution in [-0.2, 0) is 11.4 Å². The third-order valence-electron chi connectivity index (χ3n) is 7.85. The number of aromatic nitrogens is 1. The van der Waals surface area contributed by atoms with Crippen molar-refractivity contribution >= 4 is 29.0 Å². The van der Waals surface area contributed by atoms with Crippen molar-refractivity contribution in [3.05, 3.63) is 156 Å². The molecule has 1 aliphatic rings. The van der Waals surface area contributed by atoms with Crippen molar-refractivity contribution in [2.75, 3.05) is 12.4 Å². The predicted molar refractivity (Wildman–Crippen MR) is 179 cm³/mol. The minimum absolute atomic E-state index is 0.213. The number of allylic oxidation sites excluding steroid dienone is 1. The number of ether oxygens (including phenoxy) is 2. The molecule has 4 aromatic carbocycles. The second-order valence-electron chi connectivity index (χ2n) is 10.9. The summed E-state index contributed by atoms with van der Waals surface area (Å²) < 4.78 is 13.9. The molecule has 0 unspecified atom stereocenters. The van der Waals surface area contributed by atoms with Crippen LogP contribution in [-0.4, -0.2) is 17.6 Å². The van der Waals surface area contributed by atoms with Crippen molar-refractivity contribution in [3.8, 4) is 11.5 Å². The van der Waals surface area contributed by atoms with Gasteiger partial charge >= 0.3 is 0 Å². The van der Waals surface area contributed by atoms with E-state index in [9.17, 15) is 9.59 Å². The van der Waals surface area contributed by atoms with Gasteiger partial charge in [-0.25, -0.2) is 4.99 Å². The second kappa shape index (κ2) is 12.8. The minimum atomic E-state index is -0.637. The molecule has 45 heavy (non-hydrogen) atoms. The monoisotopic (exact) mass is 615 g/mol. The molecule has 5 aromatic rings. The van der Waals surface area contributed by atoms with Gasteiger partial charge in [0.15, 0.2) is 4.80 Å². The van der Waals surface area contributed by atoms with Crippen LogP contribution in [0.5, 0.6) is 11.5 Å². The Hall–Kier alpha value is -5.21. The first-order chi connectivity index (χ1) is 21.8. The largest absolute Gasteiger partial charge is 0.496 e. The van der Waals surface area contributed by atoms with Gasteiger partial charge in [0.1, 0.15) is 18.1 Å². The van der Waals surface area contributed by atoms with E-state index in [1.807, 2.05) is 124 Å². The van der Waals surface area contributed by atoms with Crippen LogP contribution in [0, 0.1) is 13.8 Å². The van der Waals surface area contributed by atoms with E-state index in [4.69, 9.17) is 14.5 Å². The highest BCUT2D eigenvalue weighted by Gasteiger charge is 2.32. The molecule has 1 amide bonds. The Morgan fingerprint density at radius 1 is 0.911 bits per heavy atom. The van der Waals surface area contributed by atoms with Crippen molar-refractivity contribution < 1.29 is 14.3 Å². The number of amides is 1. The number of methoxy groups -OCH3 is 1. The molecule has 1 aromatic heterocycles. The molecule has 0 saturated heterocycles. The number of fused-ring (bicyclic) bond motifs is 1. The lowest BCUT2D eigenvalue weighted by Gasteiger charge is -2.25. The molecule has 1 N–H and O–H groups in total. The SMILES string of the molecule is COc1ccc(/C=c2/sc3n(c2=O)[C@H](c2ccccc2)C(C(=O)Nc2ccccc2C)=C(C)N=3)cc1COc1ccccc1C. The van der Waals surface area contributed by atoms with Gasteiger partial charge in [0.2, 0.25) is 0 Å². The highest BCUT2D eigenvalue weighted by Crippen LogP contribution is 2.31. The van der Waals surface area contributed by atoms with Crippen LogP contribution < -0.4 is 29.7 Å². The van der Waals surface area contributed by atoms with Gasteiger partial charge in [-0.3, -0.25) is 14.2 Å². The summed E-state index contributed by atoms with van der Waals surface area (Å²) in [5.41, 5.74) is 6.01. The molecular formula is C37H33N3O4S. The van der Waals surface area contributed by atoms with E-state index in [1.165, 1.54) is 11.3 Å². The first-order valence-corrected chi connectivity index (χ1v) is 15.5. The fourth-order valence-corrected chi connectivity index (χ4v) is 6.54. The average molecular weight is 616 g/mol. The van der Waals surface area contributed by atoms with E-state index >= 15 is 0 Å². The summed E-state index contributed by atoms with van der Waals surface area (Å²) in [6.45, 7) is 6.08. The minimum Gasteiger partial charge on any atom is -0.496 e. The molecule has 8 heteroatoms. The number of thiazole rings is 1. The second-order valence-corrected chi connectivity index (χ2v) is 11.9. The molecule has 0 radical (unpaired) electrons. The Labute approximate surface area is 265 Å². The number of nitrogens with zero attached hydrogens (tertiary/aromatic N) is 2. The zero-order valence-corrected chi connectivity index (χ0v) is 26.4.